The zero-order valence-corrected chi connectivity index (χ0v) is 12.8. The maximum Gasteiger partial charge on any atom is 0.0484 e. The van der Waals surface area contributed by atoms with E-state index in [-0.39, 0.29) is 0 Å². The lowest BCUT2D eigenvalue weighted by Gasteiger charge is -2.12. The maximum atomic E-state index is 6.36. The maximum absolute atomic E-state index is 6.36. The minimum absolute atomic E-state index is 0.799. The van der Waals surface area contributed by atoms with E-state index in [1.165, 1.54) is 11.1 Å². The quantitative estimate of drug-likeness (QED) is 0.768. The van der Waals surface area contributed by atoms with Gasteiger partial charge in [-0.25, -0.2) is 0 Å². The van der Waals surface area contributed by atoms with Crippen LogP contribution < -0.4 is 0 Å². The van der Waals surface area contributed by atoms with Crippen molar-refractivity contribution in [3.63, 3.8) is 0 Å². The minimum atomic E-state index is 0.799. The molecule has 0 aliphatic carbocycles. The Balaban J connectivity index is 2.37. The van der Waals surface area contributed by atoms with Crippen LogP contribution in [0.5, 0.6) is 0 Å². The molecule has 2 aromatic carbocycles. The van der Waals surface area contributed by atoms with Crippen LogP contribution in [0.1, 0.15) is 17.5 Å². The molecule has 0 N–H and O–H groups in total. The topological polar surface area (TPSA) is 3.24 Å². The van der Waals surface area contributed by atoms with Crippen molar-refractivity contribution in [3.05, 3.63) is 76.8 Å². The van der Waals surface area contributed by atoms with Crippen molar-refractivity contribution in [1.82, 2.24) is 4.90 Å². The van der Waals surface area contributed by atoms with Crippen LogP contribution in [0.15, 0.2) is 60.7 Å². The third kappa shape index (κ3) is 3.96. The highest BCUT2D eigenvalue weighted by Crippen LogP contribution is 2.29. The molecule has 0 heterocycles. The fraction of sp³-hybridized carbons (Fsp3) is 0.222. The van der Waals surface area contributed by atoms with Crippen LogP contribution in [0.4, 0.5) is 0 Å². The number of hydrogen-bond donors (Lipinski definition) is 0. The molecule has 1 nitrogen and oxygen atoms in total. The molecule has 0 unspecified atom stereocenters. The second kappa shape index (κ2) is 7.28. The van der Waals surface area contributed by atoms with E-state index in [1.807, 2.05) is 24.3 Å². The molecule has 0 atom stereocenters. The number of rotatable bonds is 5. The average Bonchev–Trinajstić information content (AvgIpc) is 2.45. The highest BCUT2D eigenvalue weighted by Gasteiger charge is 2.07. The summed E-state index contributed by atoms with van der Waals surface area (Å²) < 4.78 is 0. The summed E-state index contributed by atoms with van der Waals surface area (Å²) >= 11 is 6.36. The standard InChI is InChI=1S/C18H20ClN/c1-20(2)14-8-12-16(15-9-4-3-5-10-15)17-11-6-7-13-18(17)19/h3-7,9-13H,8,14H2,1-2H3. The second-order valence-corrected chi connectivity index (χ2v) is 5.46. The van der Waals surface area contributed by atoms with Gasteiger partial charge in [0.2, 0.25) is 0 Å². The lowest BCUT2D eigenvalue weighted by molar-refractivity contribution is 0.417. The van der Waals surface area contributed by atoms with Crippen LogP contribution in [-0.4, -0.2) is 25.5 Å². The number of halogens is 1. The zero-order chi connectivity index (χ0) is 14.4. The van der Waals surface area contributed by atoms with Gasteiger partial charge in [-0.15, -0.1) is 0 Å². The number of hydrogen-bond acceptors (Lipinski definition) is 1. The van der Waals surface area contributed by atoms with Crippen molar-refractivity contribution in [2.24, 2.45) is 0 Å². The van der Waals surface area contributed by atoms with E-state index in [4.69, 9.17) is 11.6 Å². The molecular weight excluding hydrogens is 266 g/mol. The van der Waals surface area contributed by atoms with Crippen molar-refractivity contribution in [1.29, 1.82) is 0 Å². The van der Waals surface area contributed by atoms with Gasteiger partial charge in [0.25, 0.3) is 0 Å². The molecule has 2 rings (SSSR count). The Morgan fingerprint density at radius 1 is 1.00 bits per heavy atom. The number of nitrogens with zero attached hydrogens (tertiary/aromatic N) is 1. The first-order valence-corrected chi connectivity index (χ1v) is 7.21. The van der Waals surface area contributed by atoms with E-state index in [1.54, 1.807) is 0 Å². The molecule has 0 spiro atoms. The smallest absolute Gasteiger partial charge is 0.0484 e. The van der Waals surface area contributed by atoms with Crippen molar-refractivity contribution >= 4 is 17.2 Å². The highest BCUT2D eigenvalue weighted by molar-refractivity contribution is 6.32. The normalized spacial score (nSPS) is 11.9. The van der Waals surface area contributed by atoms with Gasteiger partial charge < -0.3 is 4.90 Å². The van der Waals surface area contributed by atoms with Crippen molar-refractivity contribution in [2.75, 3.05) is 20.6 Å². The molecule has 0 bridgehead atoms. The predicted molar refractivity (Wildman–Crippen MR) is 88.1 cm³/mol. The summed E-state index contributed by atoms with van der Waals surface area (Å²) in [6.07, 6.45) is 3.28. The SMILES string of the molecule is CN(C)CCC=C(c1ccccc1)c1ccccc1Cl. The first-order valence-electron chi connectivity index (χ1n) is 6.83. The van der Waals surface area contributed by atoms with Gasteiger partial charge in [-0.3, -0.25) is 0 Å². The van der Waals surface area contributed by atoms with Crippen LogP contribution in [0.2, 0.25) is 5.02 Å². The summed E-state index contributed by atoms with van der Waals surface area (Å²) in [5.41, 5.74) is 3.51. The van der Waals surface area contributed by atoms with E-state index in [0.717, 1.165) is 23.6 Å². The van der Waals surface area contributed by atoms with E-state index in [9.17, 15) is 0 Å². The predicted octanol–water partition coefficient (Wildman–Crippen LogP) is 4.72. The molecule has 0 aromatic heterocycles. The van der Waals surface area contributed by atoms with Crippen LogP contribution >= 0.6 is 11.6 Å². The molecule has 2 heteroatoms. The van der Waals surface area contributed by atoms with Crippen LogP contribution in [0.25, 0.3) is 5.57 Å². The lowest BCUT2D eigenvalue weighted by Crippen LogP contribution is -2.12. The molecule has 0 radical (unpaired) electrons. The summed E-state index contributed by atoms with van der Waals surface area (Å²) in [5, 5.41) is 0.799. The molecule has 0 aliphatic heterocycles. The molecule has 0 aliphatic rings. The van der Waals surface area contributed by atoms with E-state index < -0.39 is 0 Å². The first-order chi connectivity index (χ1) is 9.68. The van der Waals surface area contributed by atoms with E-state index in [0.29, 0.717) is 0 Å². The molecule has 20 heavy (non-hydrogen) atoms. The van der Waals surface area contributed by atoms with Gasteiger partial charge in [-0.1, -0.05) is 66.2 Å². The Kier molecular flexibility index (Phi) is 5.40. The molecule has 0 amide bonds. The fourth-order valence-corrected chi connectivity index (χ4v) is 2.39. The Labute approximate surface area is 126 Å². The van der Waals surface area contributed by atoms with Crippen LogP contribution in [0.3, 0.4) is 0 Å². The van der Waals surface area contributed by atoms with Gasteiger partial charge in [0, 0.05) is 17.1 Å². The van der Waals surface area contributed by atoms with Crippen LogP contribution in [-0.2, 0) is 0 Å². The summed E-state index contributed by atoms with van der Waals surface area (Å²) in [7, 11) is 4.18. The molecule has 0 saturated carbocycles. The Hall–Kier alpha value is -1.57. The fourth-order valence-electron chi connectivity index (χ4n) is 2.15. The monoisotopic (exact) mass is 285 g/mol. The average molecular weight is 286 g/mol. The van der Waals surface area contributed by atoms with E-state index in [2.05, 4.69) is 55.4 Å². The van der Waals surface area contributed by atoms with Crippen molar-refractivity contribution < 1.29 is 0 Å². The summed E-state index contributed by atoms with van der Waals surface area (Å²) in [6.45, 7) is 1.03. The molecular formula is C18H20ClN. The zero-order valence-electron chi connectivity index (χ0n) is 12.0. The van der Waals surface area contributed by atoms with Gasteiger partial charge in [-0.05, 0) is 37.7 Å². The summed E-state index contributed by atoms with van der Waals surface area (Å²) in [5.74, 6) is 0. The largest absolute Gasteiger partial charge is 0.309 e. The third-order valence-corrected chi connectivity index (χ3v) is 3.50. The minimum Gasteiger partial charge on any atom is -0.309 e. The van der Waals surface area contributed by atoms with Gasteiger partial charge >= 0.3 is 0 Å². The third-order valence-electron chi connectivity index (χ3n) is 3.17. The summed E-state index contributed by atoms with van der Waals surface area (Å²) in [4.78, 5) is 2.19. The van der Waals surface area contributed by atoms with Gasteiger partial charge in [0.05, 0.1) is 0 Å². The molecule has 0 fully saturated rings. The van der Waals surface area contributed by atoms with Gasteiger partial charge in [-0.2, -0.15) is 0 Å². The molecule has 0 saturated heterocycles. The van der Waals surface area contributed by atoms with Crippen molar-refractivity contribution in [3.8, 4) is 0 Å². The second-order valence-electron chi connectivity index (χ2n) is 5.06. The Bertz CT molecular complexity index is 573. The van der Waals surface area contributed by atoms with Crippen molar-refractivity contribution in [2.45, 2.75) is 6.42 Å². The highest BCUT2D eigenvalue weighted by atomic mass is 35.5. The van der Waals surface area contributed by atoms with Crippen LogP contribution in [0, 0.1) is 0 Å². The molecule has 104 valence electrons. The Morgan fingerprint density at radius 2 is 1.65 bits per heavy atom. The number of benzene rings is 2. The first kappa shape index (κ1) is 14.8. The van der Waals surface area contributed by atoms with Gasteiger partial charge in [0.1, 0.15) is 0 Å². The lowest BCUT2D eigenvalue weighted by atomic mass is 9.97. The Morgan fingerprint density at radius 3 is 2.30 bits per heavy atom. The van der Waals surface area contributed by atoms with Gasteiger partial charge in [0.15, 0.2) is 0 Å². The van der Waals surface area contributed by atoms with E-state index >= 15 is 0 Å². The summed E-state index contributed by atoms with van der Waals surface area (Å²) in [6, 6.07) is 18.4. The molecule has 2 aromatic rings.